The van der Waals surface area contributed by atoms with Crippen LogP contribution in [0.5, 0.6) is 0 Å². The highest BCUT2D eigenvalue weighted by atomic mass is 16.5. The highest BCUT2D eigenvalue weighted by Crippen LogP contribution is 2.16. The first-order valence-electron chi connectivity index (χ1n) is 23.6. The van der Waals surface area contributed by atoms with E-state index in [0.717, 1.165) is 51.6 Å². The molecule has 6 heteroatoms. The number of carbonyl (C=O) groups excluding carboxylic acids is 1. The molecule has 0 aromatic carbocycles. The number of unbranched alkanes of at least 4 members (excludes halogenated alkanes) is 28. The predicted octanol–water partition coefficient (Wildman–Crippen LogP) is 14.5. The summed E-state index contributed by atoms with van der Waals surface area (Å²) in [5.74, 6) is 0.718. The molecular formula is C48H88N2O4. The van der Waals surface area contributed by atoms with Crippen molar-refractivity contribution < 1.29 is 19.4 Å². The number of nitrogens with zero attached hydrogens (tertiary/aromatic N) is 2. The molecule has 0 aromatic heterocycles. The van der Waals surface area contributed by atoms with Crippen molar-refractivity contribution >= 4 is 17.8 Å². The lowest BCUT2D eigenvalue weighted by Crippen LogP contribution is -2.28. The van der Waals surface area contributed by atoms with Crippen LogP contribution >= 0.6 is 0 Å². The second-order valence-electron chi connectivity index (χ2n) is 16.1. The van der Waals surface area contributed by atoms with Crippen LogP contribution in [-0.2, 0) is 14.3 Å². The quantitative estimate of drug-likeness (QED) is 0.0381. The molecule has 0 unspecified atom stereocenters. The lowest BCUT2D eigenvalue weighted by Gasteiger charge is -2.20. The van der Waals surface area contributed by atoms with E-state index in [1.165, 1.54) is 192 Å². The second-order valence-corrected chi connectivity index (χ2v) is 16.1. The van der Waals surface area contributed by atoms with Crippen LogP contribution in [0.1, 0.15) is 238 Å². The van der Waals surface area contributed by atoms with Gasteiger partial charge < -0.3 is 14.7 Å². The Morgan fingerprint density at radius 2 is 0.981 bits per heavy atom. The summed E-state index contributed by atoms with van der Waals surface area (Å²) in [6.45, 7) is 6.20. The molecule has 1 aliphatic heterocycles. The van der Waals surface area contributed by atoms with Crippen LogP contribution in [0.2, 0.25) is 0 Å². The maximum atomic E-state index is 11.9. The van der Waals surface area contributed by atoms with Gasteiger partial charge in [-0.3, -0.25) is 14.6 Å². The number of esters is 1. The average molecular weight is 757 g/mol. The number of hydrogen-bond donors (Lipinski definition) is 1. The number of hydrogen-bond acceptors (Lipinski definition) is 5. The van der Waals surface area contributed by atoms with E-state index in [9.17, 15) is 9.59 Å². The zero-order valence-corrected chi connectivity index (χ0v) is 35.7. The summed E-state index contributed by atoms with van der Waals surface area (Å²) in [5, 5.41) is 8.67. The van der Waals surface area contributed by atoms with Gasteiger partial charge in [-0.1, -0.05) is 160 Å². The third-order valence-electron chi connectivity index (χ3n) is 11.0. The molecule has 1 aliphatic rings. The van der Waals surface area contributed by atoms with Crippen molar-refractivity contribution in [2.24, 2.45) is 4.99 Å². The summed E-state index contributed by atoms with van der Waals surface area (Å²) < 4.78 is 5.41. The van der Waals surface area contributed by atoms with E-state index >= 15 is 0 Å². The number of carbonyl (C=O) groups is 2. The Kier molecular flexibility index (Phi) is 37.5. The maximum absolute atomic E-state index is 11.9. The van der Waals surface area contributed by atoms with Crippen LogP contribution in [0.3, 0.4) is 0 Å². The van der Waals surface area contributed by atoms with Crippen molar-refractivity contribution in [2.75, 3.05) is 26.2 Å². The third-order valence-corrected chi connectivity index (χ3v) is 11.0. The topological polar surface area (TPSA) is 79.2 Å². The van der Waals surface area contributed by atoms with E-state index in [4.69, 9.17) is 14.8 Å². The largest absolute Gasteiger partial charge is 0.481 e. The number of carboxylic acid groups (broad SMARTS) is 1. The summed E-state index contributed by atoms with van der Waals surface area (Å²) in [7, 11) is 0. The lowest BCUT2D eigenvalue weighted by molar-refractivity contribution is -0.144. The fourth-order valence-corrected chi connectivity index (χ4v) is 7.45. The van der Waals surface area contributed by atoms with Crippen LogP contribution in [-0.4, -0.2) is 54.0 Å². The standard InChI is InChI=1S/C48H88N2O4/c1-2-3-4-5-6-28-33-38-45-54-48(53)41-36-31-26-22-18-14-8-7-11-15-19-23-27-32-37-43-50-44-42-49-46(50)39-34-29-24-20-16-12-9-10-13-17-21-25-30-35-40-47(51)52/h7-10H,2-6,11-45H2,1H3,(H,51,52). The summed E-state index contributed by atoms with van der Waals surface area (Å²) in [6.07, 6.45) is 52.6. The van der Waals surface area contributed by atoms with Gasteiger partial charge in [-0.05, 0) is 83.5 Å². The molecule has 0 radical (unpaired) electrons. The predicted molar refractivity (Wildman–Crippen MR) is 233 cm³/mol. The molecular weight excluding hydrogens is 669 g/mol. The van der Waals surface area contributed by atoms with Crippen molar-refractivity contribution in [3.63, 3.8) is 0 Å². The Morgan fingerprint density at radius 3 is 1.50 bits per heavy atom. The molecule has 0 aliphatic carbocycles. The smallest absolute Gasteiger partial charge is 0.305 e. The molecule has 54 heavy (non-hydrogen) atoms. The van der Waals surface area contributed by atoms with Crippen LogP contribution in [0.15, 0.2) is 29.3 Å². The van der Waals surface area contributed by atoms with Crippen molar-refractivity contribution in [3.05, 3.63) is 24.3 Å². The molecule has 0 saturated carbocycles. The van der Waals surface area contributed by atoms with E-state index < -0.39 is 5.97 Å². The molecule has 314 valence electrons. The van der Waals surface area contributed by atoms with E-state index in [2.05, 4.69) is 36.1 Å². The Morgan fingerprint density at radius 1 is 0.556 bits per heavy atom. The molecule has 0 atom stereocenters. The van der Waals surface area contributed by atoms with Gasteiger partial charge in [0.1, 0.15) is 0 Å². The molecule has 0 bridgehead atoms. The fourth-order valence-electron chi connectivity index (χ4n) is 7.45. The Hall–Kier alpha value is -2.11. The number of amidine groups is 1. The van der Waals surface area contributed by atoms with E-state index in [0.29, 0.717) is 19.4 Å². The number of rotatable bonds is 42. The van der Waals surface area contributed by atoms with Gasteiger partial charge in [0.15, 0.2) is 0 Å². The van der Waals surface area contributed by atoms with Crippen molar-refractivity contribution in [1.29, 1.82) is 0 Å². The minimum atomic E-state index is -0.669. The van der Waals surface area contributed by atoms with Gasteiger partial charge in [0.05, 0.1) is 19.0 Å². The highest BCUT2D eigenvalue weighted by Gasteiger charge is 2.15. The van der Waals surface area contributed by atoms with Gasteiger partial charge in [0.2, 0.25) is 0 Å². The highest BCUT2D eigenvalue weighted by molar-refractivity contribution is 5.83. The molecule has 0 aromatic rings. The maximum Gasteiger partial charge on any atom is 0.305 e. The Bertz CT molecular complexity index is 930. The summed E-state index contributed by atoms with van der Waals surface area (Å²) in [6, 6.07) is 0. The van der Waals surface area contributed by atoms with Crippen LogP contribution in [0.25, 0.3) is 0 Å². The average Bonchev–Trinajstić information content (AvgIpc) is 3.62. The van der Waals surface area contributed by atoms with Crippen LogP contribution in [0.4, 0.5) is 0 Å². The Labute approximate surface area is 334 Å². The molecule has 6 nitrogen and oxygen atoms in total. The van der Waals surface area contributed by atoms with Gasteiger partial charge >= 0.3 is 11.9 Å². The fraction of sp³-hybridized carbons (Fsp3) is 0.854. The van der Waals surface area contributed by atoms with E-state index in [1.807, 2.05) is 0 Å². The van der Waals surface area contributed by atoms with Gasteiger partial charge in [-0.15, -0.1) is 0 Å². The number of allylic oxidation sites excluding steroid dienone is 4. The number of carboxylic acids is 1. The zero-order valence-electron chi connectivity index (χ0n) is 35.7. The minimum absolute atomic E-state index is 0.00382. The first-order chi connectivity index (χ1) is 26.6. The molecule has 1 N–H and O–H groups in total. The van der Waals surface area contributed by atoms with Gasteiger partial charge in [-0.25, -0.2) is 0 Å². The molecule has 1 rings (SSSR count). The molecule has 0 fully saturated rings. The number of aliphatic imine (C=N–C) groups is 1. The van der Waals surface area contributed by atoms with Gasteiger partial charge in [0.25, 0.3) is 0 Å². The SMILES string of the molecule is CCCCCCCCCCOC(=O)CCCCCCCC=CCCCCCCCCN1CCN=C1CCCCCCCC=CCCCCCCCC(=O)O. The summed E-state index contributed by atoms with van der Waals surface area (Å²) in [5.41, 5.74) is 0. The van der Waals surface area contributed by atoms with Crippen molar-refractivity contribution in [3.8, 4) is 0 Å². The van der Waals surface area contributed by atoms with E-state index in [-0.39, 0.29) is 5.97 Å². The van der Waals surface area contributed by atoms with Crippen molar-refractivity contribution in [1.82, 2.24) is 4.90 Å². The first kappa shape index (κ1) is 49.9. The summed E-state index contributed by atoms with van der Waals surface area (Å²) >= 11 is 0. The van der Waals surface area contributed by atoms with Crippen LogP contribution in [0, 0.1) is 0 Å². The molecule has 0 amide bonds. The second kappa shape index (κ2) is 40.6. The van der Waals surface area contributed by atoms with Crippen LogP contribution < -0.4 is 0 Å². The van der Waals surface area contributed by atoms with Gasteiger partial charge in [0, 0.05) is 32.4 Å². The number of ether oxygens (including phenoxy) is 1. The lowest BCUT2D eigenvalue weighted by atomic mass is 10.1. The monoisotopic (exact) mass is 757 g/mol. The van der Waals surface area contributed by atoms with E-state index in [1.54, 1.807) is 0 Å². The first-order valence-corrected chi connectivity index (χ1v) is 23.6. The van der Waals surface area contributed by atoms with Gasteiger partial charge in [-0.2, -0.15) is 0 Å². The molecule has 1 heterocycles. The Balaban J connectivity index is 1.81. The van der Waals surface area contributed by atoms with Crippen molar-refractivity contribution in [2.45, 2.75) is 238 Å². The molecule has 0 spiro atoms. The normalized spacial score (nSPS) is 13.1. The third kappa shape index (κ3) is 35.6. The molecule has 0 saturated heterocycles. The number of aliphatic carboxylic acids is 1. The minimum Gasteiger partial charge on any atom is -0.481 e. The summed E-state index contributed by atoms with van der Waals surface area (Å²) in [4.78, 5) is 29.9. The zero-order chi connectivity index (χ0) is 38.8.